The molecule has 0 saturated carbocycles. The zero-order chi connectivity index (χ0) is 11.5. The van der Waals surface area contributed by atoms with Gasteiger partial charge >= 0.3 is 0 Å². The number of hydrogen-bond donors (Lipinski definition) is 0. The van der Waals surface area contributed by atoms with Crippen LogP contribution in [-0.2, 0) is 11.3 Å². The maximum absolute atomic E-state index is 13.2. The molecule has 0 saturated heterocycles. The second kappa shape index (κ2) is 4.88. The maximum atomic E-state index is 13.2. The molecule has 0 atom stereocenters. The van der Waals surface area contributed by atoms with Gasteiger partial charge in [-0.25, -0.2) is 9.07 Å². The largest absolute Gasteiger partial charge is 0.385 e. The predicted molar refractivity (Wildman–Crippen MR) is 61.7 cm³/mol. The van der Waals surface area contributed by atoms with Gasteiger partial charge in [-0.3, -0.25) is 0 Å². The molecule has 86 valence electrons. The van der Waals surface area contributed by atoms with Crippen molar-refractivity contribution in [2.75, 3.05) is 13.7 Å². The lowest BCUT2D eigenvalue weighted by molar-refractivity contribution is 0.189. The smallest absolute Gasteiger partial charge is 0.127 e. The molecule has 0 aliphatic carbocycles. The molecule has 6 heteroatoms. The number of aryl methyl sites for hydroxylation is 1. The molecule has 0 fully saturated rings. The van der Waals surface area contributed by atoms with Crippen LogP contribution < -0.4 is 0 Å². The number of hydrogen-bond acceptors (Lipinski definition) is 3. The SMILES string of the molecule is COCCCn1nnc2c(Br)cc(F)cc21. The van der Waals surface area contributed by atoms with Crippen molar-refractivity contribution in [2.24, 2.45) is 0 Å². The number of nitrogens with zero attached hydrogens (tertiary/aromatic N) is 3. The number of benzene rings is 1. The van der Waals surface area contributed by atoms with Gasteiger partial charge in [-0.15, -0.1) is 5.10 Å². The molecule has 2 aromatic rings. The first-order valence-corrected chi connectivity index (χ1v) is 5.69. The van der Waals surface area contributed by atoms with Crippen LogP contribution in [0, 0.1) is 5.82 Å². The molecule has 1 aromatic carbocycles. The molecule has 0 unspecified atom stereocenters. The van der Waals surface area contributed by atoms with E-state index in [1.807, 2.05) is 0 Å². The van der Waals surface area contributed by atoms with Gasteiger partial charge in [0.05, 0.1) is 9.99 Å². The molecule has 1 aromatic heterocycles. The van der Waals surface area contributed by atoms with E-state index in [2.05, 4.69) is 26.2 Å². The third-order valence-electron chi connectivity index (χ3n) is 2.26. The number of halogens is 2. The zero-order valence-corrected chi connectivity index (χ0v) is 10.4. The van der Waals surface area contributed by atoms with Gasteiger partial charge in [0.1, 0.15) is 11.3 Å². The van der Waals surface area contributed by atoms with Crippen molar-refractivity contribution in [3.8, 4) is 0 Å². The molecule has 0 aliphatic heterocycles. The molecule has 0 aliphatic rings. The van der Waals surface area contributed by atoms with Crippen molar-refractivity contribution in [1.82, 2.24) is 15.0 Å². The summed E-state index contributed by atoms with van der Waals surface area (Å²) in [6.45, 7) is 1.32. The van der Waals surface area contributed by atoms with Gasteiger partial charge in [0.25, 0.3) is 0 Å². The molecule has 1 heterocycles. The van der Waals surface area contributed by atoms with Crippen molar-refractivity contribution in [3.63, 3.8) is 0 Å². The molecule has 0 amide bonds. The summed E-state index contributed by atoms with van der Waals surface area (Å²) in [6, 6.07) is 2.82. The first-order valence-electron chi connectivity index (χ1n) is 4.89. The summed E-state index contributed by atoms with van der Waals surface area (Å²) < 4.78 is 20.5. The Morgan fingerprint density at radius 2 is 2.31 bits per heavy atom. The molecule has 4 nitrogen and oxygen atoms in total. The Morgan fingerprint density at radius 3 is 3.06 bits per heavy atom. The Hall–Kier alpha value is -1.01. The molecule has 2 rings (SSSR count). The fourth-order valence-corrected chi connectivity index (χ4v) is 2.02. The minimum atomic E-state index is -0.297. The minimum Gasteiger partial charge on any atom is -0.385 e. The van der Waals surface area contributed by atoms with E-state index in [9.17, 15) is 4.39 Å². The van der Waals surface area contributed by atoms with Gasteiger partial charge in [0.15, 0.2) is 0 Å². The summed E-state index contributed by atoms with van der Waals surface area (Å²) in [4.78, 5) is 0. The fourth-order valence-electron chi connectivity index (χ4n) is 1.52. The van der Waals surface area contributed by atoms with E-state index in [1.165, 1.54) is 12.1 Å². The Balaban J connectivity index is 2.32. The Bertz CT molecular complexity index is 500. The number of aromatic nitrogens is 3. The van der Waals surface area contributed by atoms with E-state index in [-0.39, 0.29) is 5.82 Å². The summed E-state index contributed by atoms with van der Waals surface area (Å²) in [5, 5.41) is 7.98. The zero-order valence-electron chi connectivity index (χ0n) is 8.78. The quantitative estimate of drug-likeness (QED) is 0.811. The van der Waals surface area contributed by atoms with Crippen molar-refractivity contribution in [3.05, 3.63) is 22.4 Å². The van der Waals surface area contributed by atoms with Crippen LogP contribution in [0.25, 0.3) is 11.0 Å². The summed E-state index contributed by atoms with van der Waals surface area (Å²) in [5.41, 5.74) is 1.38. The highest BCUT2D eigenvalue weighted by Crippen LogP contribution is 2.23. The third kappa shape index (κ3) is 2.22. The van der Waals surface area contributed by atoms with Crippen molar-refractivity contribution >= 4 is 27.0 Å². The van der Waals surface area contributed by atoms with Crippen LogP contribution in [0.4, 0.5) is 4.39 Å². The van der Waals surface area contributed by atoms with Crippen LogP contribution in [0.1, 0.15) is 6.42 Å². The molecular weight excluding hydrogens is 277 g/mol. The first-order chi connectivity index (χ1) is 7.72. The monoisotopic (exact) mass is 287 g/mol. The molecule has 0 bridgehead atoms. The number of ether oxygens (including phenoxy) is 1. The maximum Gasteiger partial charge on any atom is 0.127 e. The predicted octanol–water partition coefficient (Wildman–Crippen LogP) is 2.37. The fraction of sp³-hybridized carbons (Fsp3) is 0.400. The van der Waals surface area contributed by atoms with Crippen LogP contribution in [0.3, 0.4) is 0 Å². The van der Waals surface area contributed by atoms with Gasteiger partial charge in [-0.2, -0.15) is 0 Å². The Morgan fingerprint density at radius 1 is 1.50 bits per heavy atom. The van der Waals surface area contributed by atoms with Gasteiger partial charge < -0.3 is 4.74 Å². The van der Waals surface area contributed by atoms with Crippen LogP contribution in [0.2, 0.25) is 0 Å². The molecule has 0 radical (unpaired) electrons. The topological polar surface area (TPSA) is 39.9 Å². The van der Waals surface area contributed by atoms with Crippen LogP contribution >= 0.6 is 15.9 Å². The number of methoxy groups -OCH3 is 1. The molecular formula is C10H11BrFN3O. The first kappa shape index (κ1) is 11.5. The van der Waals surface area contributed by atoms with E-state index in [0.29, 0.717) is 28.7 Å². The third-order valence-corrected chi connectivity index (χ3v) is 2.86. The lowest BCUT2D eigenvalue weighted by Gasteiger charge is -2.01. The van der Waals surface area contributed by atoms with E-state index < -0.39 is 0 Å². The molecule has 16 heavy (non-hydrogen) atoms. The van der Waals surface area contributed by atoms with E-state index in [4.69, 9.17) is 4.74 Å². The second-order valence-electron chi connectivity index (χ2n) is 3.41. The average Bonchev–Trinajstić information content (AvgIpc) is 2.62. The summed E-state index contributed by atoms with van der Waals surface area (Å²) >= 11 is 3.26. The van der Waals surface area contributed by atoms with Gasteiger partial charge in [0.2, 0.25) is 0 Å². The van der Waals surface area contributed by atoms with Crippen LogP contribution in [0.15, 0.2) is 16.6 Å². The van der Waals surface area contributed by atoms with Crippen molar-refractivity contribution in [2.45, 2.75) is 13.0 Å². The standard InChI is InChI=1S/C10H11BrFN3O/c1-16-4-2-3-15-9-6-7(12)5-8(11)10(9)13-14-15/h5-6H,2-4H2,1H3. The van der Waals surface area contributed by atoms with E-state index >= 15 is 0 Å². The number of fused-ring (bicyclic) bond motifs is 1. The lowest BCUT2D eigenvalue weighted by atomic mass is 10.3. The molecule has 0 spiro atoms. The van der Waals surface area contributed by atoms with E-state index in [0.717, 1.165) is 6.42 Å². The highest BCUT2D eigenvalue weighted by atomic mass is 79.9. The van der Waals surface area contributed by atoms with Crippen molar-refractivity contribution < 1.29 is 9.13 Å². The van der Waals surface area contributed by atoms with Gasteiger partial charge in [-0.05, 0) is 28.4 Å². The summed E-state index contributed by atoms with van der Waals surface area (Å²) in [5.74, 6) is -0.297. The average molecular weight is 288 g/mol. The van der Waals surface area contributed by atoms with Crippen LogP contribution in [0.5, 0.6) is 0 Å². The molecule has 0 N–H and O–H groups in total. The summed E-state index contributed by atoms with van der Waals surface area (Å²) in [6.07, 6.45) is 0.823. The van der Waals surface area contributed by atoms with Crippen LogP contribution in [-0.4, -0.2) is 28.7 Å². The Labute approximate surface area is 101 Å². The minimum absolute atomic E-state index is 0.297. The summed E-state index contributed by atoms with van der Waals surface area (Å²) in [7, 11) is 1.65. The van der Waals surface area contributed by atoms with E-state index in [1.54, 1.807) is 11.8 Å². The number of rotatable bonds is 4. The Kier molecular flexibility index (Phi) is 3.50. The lowest BCUT2D eigenvalue weighted by Crippen LogP contribution is -2.03. The second-order valence-corrected chi connectivity index (χ2v) is 4.27. The van der Waals surface area contributed by atoms with Gasteiger partial charge in [-0.1, -0.05) is 5.21 Å². The van der Waals surface area contributed by atoms with Gasteiger partial charge in [0, 0.05) is 26.3 Å². The normalized spacial score (nSPS) is 11.2. The highest BCUT2D eigenvalue weighted by Gasteiger charge is 2.09. The highest BCUT2D eigenvalue weighted by molar-refractivity contribution is 9.10. The van der Waals surface area contributed by atoms with Crippen molar-refractivity contribution in [1.29, 1.82) is 0 Å².